The van der Waals surface area contributed by atoms with E-state index < -0.39 is 28.5 Å². The minimum Gasteiger partial charge on any atom is -0.372 e. The van der Waals surface area contributed by atoms with Crippen LogP contribution < -0.4 is 14.5 Å². The highest BCUT2D eigenvalue weighted by atomic mass is 32.2. The number of halogens is 1. The summed E-state index contributed by atoms with van der Waals surface area (Å²) in [7, 11) is -1.40. The first-order chi connectivity index (χ1) is 13.8. The average molecular weight is 421 g/mol. The van der Waals surface area contributed by atoms with Crippen molar-refractivity contribution in [1.82, 2.24) is 4.31 Å². The van der Waals surface area contributed by atoms with Crippen molar-refractivity contribution in [3.8, 4) is 0 Å². The zero-order valence-corrected chi connectivity index (χ0v) is 17.3. The quantitative estimate of drug-likeness (QED) is 0.748. The summed E-state index contributed by atoms with van der Waals surface area (Å²) in [4.78, 5) is 14.8. The first-order valence-electron chi connectivity index (χ1n) is 9.38. The summed E-state index contributed by atoms with van der Waals surface area (Å²) in [5.74, 6) is -1.28. The van der Waals surface area contributed by atoms with Crippen LogP contribution in [-0.4, -0.2) is 52.4 Å². The van der Waals surface area contributed by atoms with E-state index in [9.17, 15) is 17.6 Å². The lowest BCUT2D eigenvalue weighted by molar-refractivity contribution is -0.114. The highest BCUT2D eigenvalue weighted by Gasteiger charge is 2.29. The van der Waals surface area contributed by atoms with Crippen LogP contribution in [0.25, 0.3) is 0 Å². The molecule has 1 aliphatic heterocycles. The third-order valence-corrected chi connectivity index (χ3v) is 6.58. The zero-order valence-electron chi connectivity index (χ0n) is 16.5. The van der Waals surface area contributed by atoms with E-state index >= 15 is 0 Å². The van der Waals surface area contributed by atoms with Crippen LogP contribution in [0.3, 0.4) is 0 Å². The third kappa shape index (κ3) is 4.86. The van der Waals surface area contributed by atoms with Crippen LogP contribution in [0.5, 0.6) is 0 Å². The Bertz CT molecular complexity index is 958. The second-order valence-corrected chi connectivity index (χ2v) is 9.10. The summed E-state index contributed by atoms with van der Waals surface area (Å²) in [5.41, 5.74) is 1.46. The van der Waals surface area contributed by atoms with Crippen molar-refractivity contribution in [2.75, 3.05) is 48.3 Å². The molecule has 0 aliphatic carbocycles. The number of carbonyl (C=O) groups excluding carboxylic acids is 1. The Balaban J connectivity index is 1.75. The van der Waals surface area contributed by atoms with E-state index in [1.54, 1.807) is 12.1 Å². The van der Waals surface area contributed by atoms with Gasteiger partial charge in [-0.25, -0.2) is 8.70 Å². The molecule has 0 spiro atoms. The Hall–Kier alpha value is -2.65. The molecule has 0 saturated carbocycles. The predicted molar refractivity (Wildman–Crippen MR) is 113 cm³/mol. The second kappa shape index (κ2) is 8.79. The van der Waals surface area contributed by atoms with Gasteiger partial charge < -0.3 is 10.2 Å². The van der Waals surface area contributed by atoms with E-state index in [0.29, 0.717) is 5.69 Å². The van der Waals surface area contributed by atoms with Gasteiger partial charge in [-0.3, -0.25) is 4.79 Å². The van der Waals surface area contributed by atoms with Crippen LogP contribution in [0.4, 0.5) is 21.5 Å². The van der Waals surface area contributed by atoms with Crippen molar-refractivity contribution < 1.29 is 17.6 Å². The molecule has 3 rings (SSSR count). The van der Waals surface area contributed by atoms with Crippen LogP contribution in [-0.2, 0) is 15.0 Å². The monoisotopic (exact) mass is 420 g/mol. The van der Waals surface area contributed by atoms with E-state index in [1.807, 2.05) is 12.1 Å². The van der Waals surface area contributed by atoms with Crippen molar-refractivity contribution in [3.63, 3.8) is 0 Å². The molecule has 1 heterocycles. The van der Waals surface area contributed by atoms with Gasteiger partial charge in [0.25, 0.3) is 0 Å². The Morgan fingerprint density at radius 1 is 1.07 bits per heavy atom. The van der Waals surface area contributed by atoms with Crippen LogP contribution >= 0.6 is 0 Å². The largest absolute Gasteiger partial charge is 0.372 e. The summed E-state index contributed by atoms with van der Waals surface area (Å²) in [5, 5.41) is 2.69. The first kappa shape index (κ1) is 21.1. The number of benzene rings is 2. The summed E-state index contributed by atoms with van der Waals surface area (Å²) >= 11 is 0. The number of hydrogen-bond acceptors (Lipinski definition) is 4. The lowest BCUT2D eigenvalue weighted by atomic mass is 10.2. The predicted octanol–water partition coefficient (Wildman–Crippen LogP) is 2.68. The fourth-order valence-corrected chi connectivity index (χ4v) is 4.28. The van der Waals surface area contributed by atoms with Crippen LogP contribution in [0.1, 0.15) is 12.8 Å². The lowest BCUT2D eigenvalue weighted by Crippen LogP contribution is -2.44. The Morgan fingerprint density at radius 2 is 1.69 bits per heavy atom. The number of anilines is 3. The van der Waals surface area contributed by atoms with Gasteiger partial charge in [-0.15, -0.1) is 0 Å². The lowest BCUT2D eigenvalue weighted by Gasteiger charge is -2.27. The highest BCUT2D eigenvalue weighted by Crippen LogP contribution is 2.24. The third-order valence-electron chi connectivity index (χ3n) is 4.77. The summed E-state index contributed by atoms with van der Waals surface area (Å²) < 4.78 is 41.3. The number of rotatable bonds is 7. The fourth-order valence-electron chi connectivity index (χ4n) is 3.20. The molecule has 0 radical (unpaired) electrons. The number of nitrogens with one attached hydrogen (secondary N) is 1. The van der Waals surface area contributed by atoms with Crippen LogP contribution in [0, 0.1) is 5.82 Å². The fraction of sp³-hybridized carbons (Fsp3) is 0.350. The minimum absolute atomic E-state index is 0.180. The number of amides is 1. The Morgan fingerprint density at radius 3 is 2.28 bits per heavy atom. The van der Waals surface area contributed by atoms with E-state index in [-0.39, 0.29) is 5.69 Å². The first-order valence-corrected chi connectivity index (χ1v) is 10.8. The maximum absolute atomic E-state index is 14.2. The van der Waals surface area contributed by atoms with Gasteiger partial charge in [0, 0.05) is 38.6 Å². The van der Waals surface area contributed by atoms with Crippen molar-refractivity contribution in [3.05, 3.63) is 54.3 Å². The number of nitrogens with zero attached hydrogens (tertiary/aromatic N) is 3. The molecule has 1 aliphatic rings. The molecule has 9 heteroatoms. The smallest absolute Gasteiger partial charge is 0.304 e. The number of carbonyl (C=O) groups is 1. The molecular formula is C20H25FN4O3S. The van der Waals surface area contributed by atoms with Gasteiger partial charge in [0.2, 0.25) is 5.91 Å². The highest BCUT2D eigenvalue weighted by molar-refractivity contribution is 7.90. The Labute approximate surface area is 170 Å². The van der Waals surface area contributed by atoms with Gasteiger partial charge in [-0.1, -0.05) is 12.1 Å². The SMILES string of the molecule is CN(C)S(=O)(=O)N(CC(=O)Nc1ccc(N2CCCC2)cc1)c1ccccc1F. The molecule has 2 aromatic carbocycles. The topological polar surface area (TPSA) is 73.0 Å². The molecule has 1 amide bonds. The van der Waals surface area contributed by atoms with Gasteiger partial charge >= 0.3 is 10.2 Å². The van der Waals surface area contributed by atoms with Crippen LogP contribution in [0.2, 0.25) is 0 Å². The second-order valence-electron chi connectivity index (χ2n) is 7.04. The van der Waals surface area contributed by atoms with Gasteiger partial charge in [0.05, 0.1) is 5.69 Å². The minimum atomic E-state index is -4.06. The van der Waals surface area contributed by atoms with Crippen molar-refractivity contribution in [1.29, 1.82) is 0 Å². The molecule has 0 bridgehead atoms. The number of hydrogen-bond donors (Lipinski definition) is 1. The molecule has 0 aromatic heterocycles. The van der Waals surface area contributed by atoms with Gasteiger partial charge in [-0.2, -0.15) is 12.7 Å². The average Bonchev–Trinajstić information content (AvgIpc) is 3.22. The Kier molecular flexibility index (Phi) is 6.39. The van der Waals surface area contributed by atoms with Crippen LogP contribution in [0.15, 0.2) is 48.5 Å². The molecular weight excluding hydrogens is 395 g/mol. The zero-order chi connectivity index (χ0) is 21.0. The summed E-state index contributed by atoms with van der Waals surface area (Å²) in [6.45, 7) is 1.49. The molecule has 156 valence electrons. The molecule has 1 saturated heterocycles. The van der Waals surface area contributed by atoms with E-state index in [2.05, 4.69) is 10.2 Å². The van der Waals surface area contributed by atoms with E-state index in [0.717, 1.165) is 33.5 Å². The maximum Gasteiger partial charge on any atom is 0.304 e. The molecule has 7 nitrogen and oxygen atoms in total. The number of para-hydroxylation sites is 1. The summed E-state index contributed by atoms with van der Waals surface area (Å²) in [6.07, 6.45) is 2.34. The molecule has 2 aromatic rings. The van der Waals surface area contributed by atoms with E-state index in [1.165, 1.54) is 45.1 Å². The van der Waals surface area contributed by atoms with Gasteiger partial charge in [-0.05, 0) is 49.2 Å². The molecule has 0 unspecified atom stereocenters. The standard InChI is InChI=1S/C20H25FN4O3S/c1-23(2)29(27,28)25(19-8-4-3-7-18(19)21)15-20(26)22-16-9-11-17(12-10-16)24-13-5-6-14-24/h3-4,7-12H,5-6,13-15H2,1-2H3,(H,22,26). The summed E-state index contributed by atoms with van der Waals surface area (Å²) in [6, 6.07) is 12.9. The molecule has 1 N–H and O–H groups in total. The molecule has 1 fully saturated rings. The normalized spacial score (nSPS) is 14.3. The maximum atomic E-state index is 14.2. The van der Waals surface area contributed by atoms with E-state index in [4.69, 9.17) is 0 Å². The van der Waals surface area contributed by atoms with Crippen molar-refractivity contribution in [2.45, 2.75) is 12.8 Å². The van der Waals surface area contributed by atoms with Gasteiger partial charge in [0.15, 0.2) is 0 Å². The van der Waals surface area contributed by atoms with Crippen molar-refractivity contribution in [2.24, 2.45) is 0 Å². The molecule has 29 heavy (non-hydrogen) atoms. The van der Waals surface area contributed by atoms with Gasteiger partial charge in [0.1, 0.15) is 12.4 Å². The molecule has 0 atom stereocenters. The van der Waals surface area contributed by atoms with Crippen molar-refractivity contribution >= 4 is 33.2 Å².